The van der Waals surface area contributed by atoms with Gasteiger partial charge < -0.3 is 10.6 Å². The van der Waals surface area contributed by atoms with Crippen LogP contribution in [0.3, 0.4) is 0 Å². The minimum atomic E-state index is 0.571. The molecule has 4 rings (SSSR count). The summed E-state index contributed by atoms with van der Waals surface area (Å²) in [6.45, 7) is 3.66. The van der Waals surface area contributed by atoms with Crippen LogP contribution in [-0.4, -0.2) is 25.2 Å². The van der Waals surface area contributed by atoms with Gasteiger partial charge in [-0.3, -0.25) is 0 Å². The lowest BCUT2D eigenvalue weighted by atomic mass is 9.61. The molecule has 2 heteroatoms. The molecule has 3 aliphatic carbocycles. The highest BCUT2D eigenvalue weighted by Gasteiger charge is 2.43. The molecule has 3 saturated carbocycles. The van der Waals surface area contributed by atoms with Crippen molar-refractivity contribution in [1.82, 2.24) is 10.6 Å². The van der Waals surface area contributed by atoms with Gasteiger partial charge in [-0.2, -0.15) is 0 Å². The Morgan fingerprint density at radius 2 is 1.42 bits per heavy atom. The van der Waals surface area contributed by atoms with Crippen LogP contribution in [0.5, 0.6) is 0 Å². The molecule has 2 N–H and O–H groups in total. The average Bonchev–Trinajstić information content (AvgIpc) is 3.41. The first-order valence-corrected chi connectivity index (χ1v) is 11.1. The van der Waals surface area contributed by atoms with Crippen LogP contribution in [0.15, 0.2) is 0 Å². The van der Waals surface area contributed by atoms with Gasteiger partial charge in [0.1, 0.15) is 0 Å². The lowest BCUT2D eigenvalue weighted by molar-refractivity contribution is 0.0672. The monoisotopic (exact) mass is 332 g/mol. The largest absolute Gasteiger partial charge is 0.317 e. The van der Waals surface area contributed by atoms with Gasteiger partial charge in [-0.05, 0) is 101 Å². The van der Waals surface area contributed by atoms with Gasteiger partial charge in [-0.1, -0.05) is 19.8 Å². The molecule has 5 atom stereocenters. The molecule has 0 spiro atoms. The first-order chi connectivity index (χ1) is 11.7. The van der Waals surface area contributed by atoms with Crippen molar-refractivity contribution >= 4 is 0 Å². The fraction of sp³-hybridized carbons (Fsp3) is 1.00. The maximum absolute atomic E-state index is 3.65. The standard InChI is InChI=1S/C22H40N2/c1-3-22(15-24-22)14-16-4-6-17(7-5-16)18-8-9-20-13-21(23-2)11-10-19(20)12-18/h16-21,23-24H,3-15H2,1-2H3. The zero-order chi connectivity index (χ0) is 16.6. The Labute approximate surface area is 149 Å². The van der Waals surface area contributed by atoms with Crippen LogP contribution in [0.1, 0.15) is 84.0 Å². The van der Waals surface area contributed by atoms with Gasteiger partial charge >= 0.3 is 0 Å². The Hall–Kier alpha value is -0.0800. The van der Waals surface area contributed by atoms with Crippen molar-refractivity contribution in [3.8, 4) is 0 Å². The van der Waals surface area contributed by atoms with Crippen molar-refractivity contribution in [3.63, 3.8) is 0 Å². The topological polar surface area (TPSA) is 34.0 Å². The minimum Gasteiger partial charge on any atom is -0.317 e. The molecule has 0 bridgehead atoms. The van der Waals surface area contributed by atoms with E-state index in [4.69, 9.17) is 0 Å². The molecular formula is C22H40N2. The van der Waals surface area contributed by atoms with Crippen molar-refractivity contribution in [2.24, 2.45) is 29.6 Å². The van der Waals surface area contributed by atoms with Crippen molar-refractivity contribution in [2.45, 2.75) is 95.6 Å². The van der Waals surface area contributed by atoms with Crippen LogP contribution in [0, 0.1) is 29.6 Å². The van der Waals surface area contributed by atoms with Crippen molar-refractivity contribution in [1.29, 1.82) is 0 Å². The second-order valence-electron chi connectivity index (χ2n) is 9.86. The third-order valence-electron chi connectivity index (χ3n) is 8.65. The molecule has 5 unspecified atom stereocenters. The fourth-order valence-corrected chi connectivity index (χ4v) is 6.70. The highest BCUT2D eigenvalue weighted by Crippen LogP contribution is 2.48. The van der Waals surface area contributed by atoms with Crippen LogP contribution in [0.4, 0.5) is 0 Å². The predicted octanol–water partition coefficient (Wildman–Crippen LogP) is 4.74. The summed E-state index contributed by atoms with van der Waals surface area (Å²) in [5, 5.41) is 7.19. The molecular weight excluding hydrogens is 292 g/mol. The number of nitrogens with one attached hydrogen (secondary N) is 2. The fourth-order valence-electron chi connectivity index (χ4n) is 6.70. The van der Waals surface area contributed by atoms with E-state index in [2.05, 4.69) is 24.6 Å². The Kier molecular flexibility index (Phi) is 5.25. The molecule has 1 aliphatic heterocycles. The zero-order valence-corrected chi connectivity index (χ0v) is 16.2. The normalized spacial score (nSPS) is 48.8. The third kappa shape index (κ3) is 3.70. The molecule has 0 aromatic rings. The quantitative estimate of drug-likeness (QED) is 0.713. The summed E-state index contributed by atoms with van der Waals surface area (Å²) in [7, 11) is 2.16. The smallest absolute Gasteiger partial charge is 0.0307 e. The minimum absolute atomic E-state index is 0.571. The molecule has 4 fully saturated rings. The molecule has 0 aromatic heterocycles. The van der Waals surface area contributed by atoms with Crippen molar-refractivity contribution < 1.29 is 0 Å². The van der Waals surface area contributed by atoms with E-state index in [-0.39, 0.29) is 0 Å². The predicted molar refractivity (Wildman–Crippen MR) is 102 cm³/mol. The van der Waals surface area contributed by atoms with Gasteiger partial charge in [0.25, 0.3) is 0 Å². The van der Waals surface area contributed by atoms with E-state index in [0.29, 0.717) is 5.54 Å². The van der Waals surface area contributed by atoms with Gasteiger partial charge in [0.15, 0.2) is 0 Å². The Bertz CT molecular complexity index is 408. The number of fused-ring (bicyclic) bond motifs is 1. The van der Waals surface area contributed by atoms with E-state index in [1.165, 1.54) is 57.9 Å². The highest BCUT2D eigenvalue weighted by molar-refractivity contribution is 5.04. The van der Waals surface area contributed by atoms with Gasteiger partial charge in [0, 0.05) is 18.1 Å². The van der Waals surface area contributed by atoms with Gasteiger partial charge in [-0.15, -0.1) is 0 Å². The molecule has 24 heavy (non-hydrogen) atoms. The van der Waals surface area contributed by atoms with E-state index in [1.807, 2.05) is 0 Å². The second kappa shape index (κ2) is 7.27. The van der Waals surface area contributed by atoms with E-state index < -0.39 is 0 Å². The first kappa shape index (κ1) is 17.3. The lowest BCUT2D eigenvalue weighted by Gasteiger charge is -2.45. The molecule has 4 aliphatic rings. The molecule has 138 valence electrons. The van der Waals surface area contributed by atoms with E-state index >= 15 is 0 Å². The summed E-state index contributed by atoms with van der Waals surface area (Å²) in [6.07, 6.45) is 18.0. The Morgan fingerprint density at radius 1 is 0.833 bits per heavy atom. The lowest BCUT2D eigenvalue weighted by Crippen LogP contribution is -2.40. The molecule has 0 radical (unpaired) electrons. The summed E-state index contributed by atoms with van der Waals surface area (Å²) < 4.78 is 0. The summed E-state index contributed by atoms with van der Waals surface area (Å²) in [6, 6.07) is 0.820. The number of hydrogen-bond donors (Lipinski definition) is 2. The van der Waals surface area contributed by atoms with Crippen LogP contribution in [0.2, 0.25) is 0 Å². The summed E-state index contributed by atoms with van der Waals surface area (Å²) >= 11 is 0. The molecule has 0 amide bonds. The van der Waals surface area contributed by atoms with Crippen molar-refractivity contribution in [3.05, 3.63) is 0 Å². The molecule has 1 heterocycles. The maximum Gasteiger partial charge on any atom is 0.0307 e. The summed E-state index contributed by atoms with van der Waals surface area (Å²) in [5.74, 6) is 5.31. The zero-order valence-electron chi connectivity index (χ0n) is 16.2. The molecule has 1 saturated heterocycles. The Morgan fingerprint density at radius 3 is 2.04 bits per heavy atom. The van der Waals surface area contributed by atoms with Crippen LogP contribution >= 0.6 is 0 Å². The summed E-state index contributed by atoms with van der Waals surface area (Å²) in [4.78, 5) is 0. The molecule has 2 nitrogen and oxygen atoms in total. The number of rotatable bonds is 5. The van der Waals surface area contributed by atoms with E-state index in [1.54, 1.807) is 25.7 Å². The highest BCUT2D eigenvalue weighted by atomic mass is 15.2. The van der Waals surface area contributed by atoms with Gasteiger partial charge in [0.2, 0.25) is 0 Å². The maximum atomic E-state index is 3.65. The van der Waals surface area contributed by atoms with Crippen LogP contribution in [-0.2, 0) is 0 Å². The van der Waals surface area contributed by atoms with Crippen LogP contribution < -0.4 is 10.6 Å². The third-order valence-corrected chi connectivity index (χ3v) is 8.65. The first-order valence-electron chi connectivity index (χ1n) is 11.1. The Balaban J connectivity index is 1.23. The van der Waals surface area contributed by atoms with E-state index in [0.717, 1.165) is 35.6 Å². The van der Waals surface area contributed by atoms with Gasteiger partial charge in [0.05, 0.1) is 0 Å². The van der Waals surface area contributed by atoms with Crippen molar-refractivity contribution in [2.75, 3.05) is 13.6 Å². The van der Waals surface area contributed by atoms with Crippen LogP contribution in [0.25, 0.3) is 0 Å². The second-order valence-corrected chi connectivity index (χ2v) is 9.86. The SMILES string of the molecule is CCC1(CC2CCC(C3CCC4CC(NC)CCC4C3)CC2)CN1. The average molecular weight is 333 g/mol. The van der Waals surface area contributed by atoms with E-state index in [9.17, 15) is 0 Å². The number of hydrogen-bond acceptors (Lipinski definition) is 2. The molecule has 0 aromatic carbocycles. The van der Waals surface area contributed by atoms with Gasteiger partial charge in [-0.25, -0.2) is 0 Å². The summed E-state index contributed by atoms with van der Waals surface area (Å²) in [5.41, 5.74) is 0.571.